The highest BCUT2D eigenvalue weighted by atomic mass is 16.2. The van der Waals surface area contributed by atoms with Gasteiger partial charge in [0.1, 0.15) is 5.52 Å². The van der Waals surface area contributed by atoms with Crippen molar-refractivity contribution in [3.8, 4) is 0 Å². The molecule has 2 aromatic heterocycles. The Morgan fingerprint density at radius 3 is 2.19 bits per heavy atom. The molecule has 0 saturated heterocycles. The van der Waals surface area contributed by atoms with Crippen molar-refractivity contribution in [3.63, 3.8) is 0 Å². The first-order chi connectivity index (χ1) is 20.5. The molecule has 0 spiro atoms. The molecule has 0 atom stereocenters. The van der Waals surface area contributed by atoms with Gasteiger partial charge in [0.25, 0.3) is 5.91 Å². The number of nitrogen functional groups attached to an aromatic ring is 1. The molecule has 3 rings (SSSR count). The zero-order chi connectivity index (χ0) is 30.0. The van der Waals surface area contributed by atoms with Crippen molar-refractivity contribution in [3.05, 3.63) is 45.9 Å². The summed E-state index contributed by atoms with van der Waals surface area (Å²) < 4.78 is 1.54. The Balaban J connectivity index is 1.34. The lowest BCUT2D eigenvalue weighted by atomic mass is 10.1. The zero-order valence-corrected chi connectivity index (χ0v) is 25.6. The first-order valence-corrected chi connectivity index (χ1v) is 15.8. The summed E-state index contributed by atoms with van der Waals surface area (Å²) in [6.45, 7) is 10.4. The number of amides is 1. The molecule has 0 aliphatic carbocycles. The number of carbonyl (C=O) groups excluding carboxylic acids is 1. The molecule has 0 bridgehead atoms. The molecule has 42 heavy (non-hydrogen) atoms. The molecule has 1 aromatic carbocycles. The minimum absolute atomic E-state index is 0.0786. The molecule has 0 saturated carbocycles. The van der Waals surface area contributed by atoms with E-state index in [9.17, 15) is 9.59 Å². The smallest absolute Gasteiger partial charge is 0.328 e. The largest absolute Gasteiger partial charge is 0.382 e. The van der Waals surface area contributed by atoms with Crippen molar-refractivity contribution >= 4 is 28.8 Å². The number of fused-ring (bicyclic) bond motifs is 1. The molecule has 0 fully saturated rings. The molecule has 0 radical (unpaired) electrons. The second kappa shape index (κ2) is 18.9. The SMILES string of the molecule is CCCCNc1nc(N)c2[nH]c(=O)n(Cc3ccc(C(=O)NCCCCCCCCNCCCNCCC)cc3)c2n1. The van der Waals surface area contributed by atoms with Gasteiger partial charge in [-0.2, -0.15) is 9.97 Å². The van der Waals surface area contributed by atoms with E-state index in [1.807, 2.05) is 12.1 Å². The van der Waals surface area contributed by atoms with Crippen LogP contribution in [0.1, 0.15) is 94.0 Å². The van der Waals surface area contributed by atoms with Gasteiger partial charge in [0.2, 0.25) is 5.95 Å². The number of H-pyrrole nitrogens is 1. The normalized spacial score (nSPS) is 11.3. The number of hydrogen-bond donors (Lipinski definition) is 6. The lowest BCUT2D eigenvalue weighted by Crippen LogP contribution is -2.24. The van der Waals surface area contributed by atoms with E-state index in [4.69, 9.17) is 5.73 Å². The second-order valence-electron chi connectivity index (χ2n) is 10.9. The van der Waals surface area contributed by atoms with Crippen LogP contribution >= 0.6 is 0 Å². The van der Waals surface area contributed by atoms with Crippen LogP contribution in [0.5, 0.6) is 0 Å². The quantitative estimate of drug-likeness (QED) is 0.0973. The van der Waals surface area contributed by atoms with Gasteiger partial charge in [0.05, 0.1) is 6.54 Å². The van der Waals surface area contributed by atoms with Crippen molar-refractivity contribution in [1.82, 2.24) is 35.5 Å². The monoisotopic (exact) mass is 581 g/mol. The van der Waals surface area contributed by atoms with Gasteiger partial charge in [-0.25, -0.2) is 4.79 Å². The molecule has 3 aromatic rings. The van der Waals surface area contributed by atoms with Crippen LogP contribution in [-0.2, 0) is 6.54 Å². The highest BCUT2D eigenvalue weighted by molar-refractivity contribution is 5.94. The predicted octanol–water partition coefficient (Wildman–Crippen LogP) is 4.01. The van der Waals surface area contributed by atoms with Crippen LogP contribution in [0, 0.1) is 0 Å². The van der Waals surface area contributed by atoms with E-state index >= 15 is 0 Å². The predicted molar refractivity (Wildman–Crippen MR) is 172 cm³/mol. The van der Waals surface area contributed by atoms with Crippen LogP contribution in [0.2, 0.25) is 0 Å². The standard InChI is InChI=1S/C31H51N9O2/c1-3-5-21-36-30-38-27(32)26-28(39-30)40(31(42)37-26)23-24-13-15-25(16-14-24)29(41)35-22-11-9-7-6-8-10-18-34-20-12-19-33-17-4-2/h13-16,33-34H,3-12,17-23H2,1-2H3,(H,35,41)(H,37,42)(H3,32,36,38,39). The third-order valence-corrected chi connectivity index (χ3v) is 7.22. The van der Waals surface area contributed by atoms with Crippen LogP contribution in [0.25, 0.3) is 11.2 Å². The Morgan fingerprint density at radius 2 is 1.48 bits per heavy atom. The molecule has 0 aliphatic heterocycles. The van der Waals surface area contributed by atoms with Gasteiger partial charge in [0.15, 0.2) is 11.5 Å². The molecular formula is C31H51N9O2. The van der Waals surface area contributed by atoms with E-state index in [1.54, 1.807) is 12.1 Å². The van der Waals surface area contributed by atoms with Crippen LogP contribution in [0.3, 0.4) is 0 Å². The van der Waals surface area contributed by atoms with Crippen LogP contribution in [0.4, 0.5) is 11.8 Å². The summed E-state index contributed by atoms with van der Waals surface area (Å²) >= 11 is 0. The average molecular weight is 582 g/mol. The lowest BCUT2D eigenvalue weighted by molar-refractivity contribution is 0.0953. The van der Waals surface area contributed by atoms with Crippen molar-refractivity contribution in [2.75, 3.05) is 50.3 Å². The Hall–Kier alpha value is -3.44. The maximum Gasteiger partial charge on any atom is 0.328 e. The second-order valence-corrected chi connectivity index (χ2v) is 10.9. The van der Waals surface area contributed by atoms with Gasteiger partial charge >= 0.3 is 5.69 Å². The van der Waals surface area contributed by atoms with E-state index in [1.165, 1.54) is 43.1 Å². The Bertz CT molecular complexity index is 1250. The molecule has 0 unspecified atom stereocenters. The number of aromatic amines is 1. The van der Waals surface area contributed by atoms with E-state index in [0.29, 0.717) is 35.8 Å². The van der Waals surface area contributed by atoms with Crippen molar-refractivity contribution < 1.29 is 4.79 Å². The van der Waals surface area contributed by atoms with E-state index < -0.39 is 0 Å². The molecule has 11 nitrogen and oxygen atoms in total. The third kappa shape index (κ3) is 11.1. The summed E-state index contributed by atoms with van der Waals surface area (Å²) in [5.41, 5.74) is 8.14. The fourth-order valence-electron chi connectivity index (χ4n) is 4.75. The Labute approximate surface area is 249 Å². The number of nitrogens with two attached hydrogens (primary N) is 1. The number of hydrogen-bond acceptors (Lipinski definition) is 8. The molecular weight excluding hydrogens is 530 g/mol. The minimum atomic E-state index is -0.305. The summed E-state index contributed by atoms with van der Waals surface area (Å²) in [5.74, 6) is 0.559. The molecule has 2 heterocycles. The first-order valence-electron chi connectivity index (χ1n) is 15.8. The maximum absolute atomic E-state index is 12.7. The number of unbranched alkanes of at least 4 members (excludes halogenated alkanes) is 6. The fourth-order valence-corrected chi connectivity index (χ4v) is 4.75. The van der Waals surface area contributed by atoms with E-state index in [-0.39, 0.29) is 17.4 Å². The number of nitrogens with zero attached hydrogens (tertiary/aromatic N) is 3. The Morgan fingerprint density at radius 1 is 0.810 bits per heavy atom. The Kier molecular flexibility index (Phi) is 14.9. The lowest BCUT2D eigenvalue weighted by Gasteiger charge is -2.08. The number of imidazole rings is 1. The zero-order valence-electron chi connectivity index (χ0n) is 25.6. The highest BCUT2D eigenvalue weighted by Gasteiger charge is 2.14. The van der Waals surface area contributed by atoms with Gasteiger partial charge < -0.3 is 32.0 Å². The number of carbonyl (C=O) groups is 1. The number of nitrogens with one attached hydrogen (secondary N) is 5. The fraction of sp³-hybridized carbons (Fsp3) is 0.613. The molecule has 0 aliphatic rings. The summed E-state index contributed by atoms with van der Waals surface area (Å²) in [4.78, 5) is 36.8. The molecule has 1 amide bonds. The third-order valence-electron chi connectivity index (χ3n) is 7.22. The summed E-state index contributed by atoms with van der Waals surface area (Å²) in [6.07, 6.45) is 11.4. The van der Waals surface area contributed by atoms with Gasteiger partial charge in [-0.15, -0.1) is 0 Å². The minimum Gasteiger partial charge on any atom is -0.382 e. The van der Waals surface area contributed by atoms with E-state index in [0.717, 1.165) is 64.0 Å². The van der Waals surface area contributed by atoms with Crippen molar-refractivity contribution in [1.29, 1.82) is 0 Å². The summed E-state index contributed by atoms with van der Waals surface area (Å²) in [6, 6.07) is 7.31. The summed E-state index contributed by atoms with van der Waals surface area (Å²) in [7, 11) is 0. The molecule has 7 N–H and O–H groups in total. The maximum atomic E-state index is 12.7. The number of benzene rings is 1. The van der Waals surface area contributed by atoms with Gasteiger partial charge in [-0.3, -0.25) is 9.36 Å². The van der Waals surface area contributed by atoms with Gasteiger partial charge in [0, 0.05) is 18.7 Å². The number of anilines is 2. The van der Waals surface area contributed by atoms with Crippen molar-refractivity contribution in [2.45, 2.75) is 84.6 Å². The average Bonchev–Trinajstić information content (AvgIpc) is 3.30. The topological polar surface area (TPSA) is 155 Å². The highest BCUT2D eigenvalue weighted by Crippen LogP contribution is 2.18. The summed E-state index contributed by atoms with van der Waals surface area (Å²) in [5, 5.41) is 13.1. The number of aromatic nitrogens is 4. The van der Waals surface area contributed by atoms with Crippen LogP contribution in [-0.4, -0.2) is 64.7 Å². The van der Waals surface area contributed by atoms with Gasteiger partial charge in [-0.1, -0.05) is 58.1 Å². The van der Waals surface area contributed by atoms with Crippen molar-refractivity contribution in [2.24, 2.45) is 0 Å². The van der Waals surface area contributed by atoms with Crippen LogP contribution < -0.4 is 32.7 Å². The molecule has 232 valence electrons. The van der Waals surface area contributed by atoms with E-state index in [2.05, 4.69) is 50.1 Å². The molecule has 11 heteroatoms. The first kappa shape index (κ1) is 33.1. The van der Waals surface area contributed by atoms with Crippen LogP contribution in [0.15, 0.2) is 29.1 Å². The number of rotatable bonds is 22. The van der Waals surface area contributed by atoms with Gasteiger partial charge in [-0.05, 0) is 76.0 Å².